The van der Waals surface area contributed by atoms with Crippen molar-refractivity contribution < 1.29 is 5.11 Å². The first-order valence-electron chi connectivity index (χ1n) is 8.07. The average Bonchev–Trinajstić information content (AvgIpc) is 2.63. The maximum atomic E-state index is 11.5. The molecule has 3 aromatic carbocycles. The minimum absolute atomic E-state index is 0.366. The quantitative estimate of drug-likeness (QED) is 0.637. The van der Waals surface area contributed by atoms with Gasteiger partial charge in [0.2, 0.25) is 0 Å². The predicted molar refractivity (Wildman–Crippen MR) is 104 cm³/mol. The number of halogens is 2. The first kappa shape index (κ1) is 18.0. The minimum atomic E-state index is -1.18. The van der Waals surface area contributed by atoms with Crippen LogP contribution >= 0.6 is 23.2 Å². The van der Waals surface area contributed by atoms with Crippen LogP contribution in [0.2, 0.25) is 10.0 Å². The molecule has 0 atom stereocenters. The van der Waals surface area contributed by atoms with Gasteiger partial charge in [0.25, 0.3) is 0 Å². The maximum Gasteiger partial charge on any atom is 0.127 e. The summed E-state index contributed by atoms with van der Waals surface area (Å²) < 4.78 is 0. The summed E-state index contributed by atoms with van der Waals surface area (Å²) in [6, 6.07) is 24.6. The fourth-order valence-corrected chi connectivity index (χ4v) is 3.06. The average molecular weight is 372 g/mol. The molecule has 0 bridgehead atoms. The molecule has 25 heavy (non-hydrogen) atoms. The fourth-order valence-electron chi connectivity index (χ4n) is 2.81. The number of rotatable bonds is 6. The highest BCUT2D eigenvalue weighted by Gasteiger charge is 2.31. The zero-order valence-corrected chi connectivity index (χ0v) is 15.1. The van der Waals surface area contributed by atoms with Crippen molar-refractivity contribution in [3.05, 3.63) is 106 Å². The van der Waals surface area contributed by atoms with Gasteiger partial charge in [0.15, 0.2) is 0 Å². The Morgan fingerprint density at radius 2 is 1.20 bits per heavy atom. The highest BCUT2D eigenvalue weighted by atomic mass is 35.5. The molecule has 0 saturated heterocycles. The Balaban J connectivity index is 1.86. The number of hydrogen-bond acceptors (Lipinski definition) is 2. The van der Waals surface area contributed by atoms with E-state index >= 15 is 0 Å². The molecule has 0 aliphatic carbocycles. The molecule has 3 aromatic rings. The van der Waals surface area contributed by atoms with Crippen molar-refractivity contribution in [1.82, 2.24) is 5.32 Å². The molecule has 0 fully saturated rings. The van der Waals surface area contributed by atoms with Gasteiger partial charge < -0.3 is 10.4 Å². The van der Waals surface area contributed by atoms with E-state index in [0.29, 0.717) is 23.1 Å². The van der Waals surface area contributed by atoms with Crippen molar-refractivity contribution in [2.75, 3.05) is 6.54 Å². The van der Waals surface area contributed by atoms with Crippen molar-refractivity contribution >= 4 is 23.2 Å². The lowest BCUT2D eigenvalue weighted by Crippen LogP contribution is -2.39. The van der Waals surface area contributed by atoms with Crippen molar-refractivity contribution in [1.29, 1.82) is 0 Å². The molecule has 0 heterocycles. The molecule has 4 heteroatoms. The summed E-state index contributed by atoms with van der Waals surface area (Å²) in [6.45, 7) is 1.04. The number of aliphatic hydroxyl groups is 1. The second-order valence-electron chi connectivity index (χ2n) is 5.96. The van der Waals surface area contributed by atoms with Crippen LogP contribution in [-0.4, -0.2) is 11.7 Å². The van der Waals surface area contributed by atoms with Crippen LogP contribution in [0.3, 0.4) is 0 Å². The fraction of sp³-hybridized carbons (Fsp3) is 0.143. The molecule has 0 spiro atoms. The second-order valence-corrected chi connectivity index (χ2v) is 6.84. The van der Waals surface area contributed by atoms with Gasteiger partial charge in [-0.15, -0.1) is 0 Å². The van der Waals surface area contributed by atoms with Gasteiger partial charge in [-0.25, -0.2) is 0 Å². The van der Waals surface area contributed by atoms with Crippen molar-refractivity contribution in [3.8, 4) is 0 Å². The lowest BCUT2D eigenvalue weighted by Gasteiger charge is -2.30. The molecule has 0 unspecified atom stereocenters. The van der Waals surface area contributed by atoms with Gasteiger partial charge in [-0.05, 0) is 41.0 Å². The smallest absolute Gasteiger partial charge is 0.127 e. The molecular weight excluding hydrogens is 353 g/mol. The topological polar surface area (TPSA) is 32.3 Å². The molecule has 0 aliphatic heterocycles. The Hall–Kier alpha value is -1.84. The number of hydrogen-bond donors (Lipinski definition) is 2. The van der Waals surface area contributed by atoms with Gasteiger partial charge in [-0.1, -0.05) is 77.8 Å². The SMILES string of the molecule is OC(CNCc1ccccc1)(c1ccc(Cl)cc1)c1ccc(Cl)cc1. The van der Waals surface area contributed by atoms with Crippen molar-refractivity contribution in [3.63, 3.8) is 0 Å². The molecule has 2 nitrogen and oxygen atoms in total. The van der Waals surface area contributed by atoms with Gasteiger partial charge in [-0.2, -0.15) is 0 Å². The zero-order chi connectivity index (χ0) is 17.7. The standard InChI is InChI=1S/C21H19Cl2NO/c22-19-10-6-17(7-11-19)21(25,18-8-12-20(23)13-9-18)15-24-14-16-4-2-1-3-5-16/h1-13,24-25H,14-15H2. The zero-order valence-electron chi connectivity index (χ0n) is 13.6. The van der Waals surface area contributed by atoms with Crippen LogP contribution in [0.25, 0.3) is 0 Å². The Morgan fingerprint density at radius 3 is 1.68 bits per heavy atom. The van der Waals surface area contributed by atoms with E-state index in [1.165, 1.54) is 0 Å². The molecule has 0 saturated carbocycles. The third-order valence-corrected chi connectivity index (χ3v) is 4.70. The van der Waals surface area contributed by atoms with Crippen LogP contribution in [-0.2, 0) is 12.1 Å². The third-order valence-electron chi connectivity index (χ3n) is 4.20. The van der Waals surface area contributed by atoms with E-state index in [1.54, 1.807) is 24.3 Å². The molecule has 0 aromatic heterocycles. The van der Waals surface area contributed by atoms with Crippen molar-refractivity contribution in [2.24, 2.45) is 0 Å². The van der Waals surface area contributed by atoms with E-state index in [-0.39, 0.29) is 0 Å². The minimum Gasteiger partial charge on any atom is -0.379 e. The van der Waals surface area contributed by atoms with E-state index in [4.69, 9.17) is 23.2 Å². The van der Waals surface area contributed by atoms with Crippen LogP contribution in [0, 0.1) is 0 Å². The van der Waals surface area contributed by atoms with E-state index in [9.17, 15) is 5.11 Å². The Labute approximate surface area is 158 Å². The highest BCUT2D eigenvalue weighted by Crippen LogP contribution is 2.31. The first-order chi connectivity index (χ1) is 12.1. The summed E-state index contributed by atoms with van der Waals surface area (Å²) in [6.07, 6.45) is 0. The lowest BCUT2D eigenvalue weighted by molar-refractivity contribution is 0.0796. The summed E-state index contributed by atoms with van der Waals surface area (Å²) in [5.74, 6) is 0. The molecule has 128 valence electrons. The van der Waals surface area contributed by atoms with Crippen LogP contribution in [0.1, 0.15) is 16.7 Å². The molecule has 2 N–H and O–H groups in total. The van der Waals surface area contributed by atoms with Gasteiger partial charge in [0, 0.05) is 23.1 Å². The monoisotopic (exact) mass is 371 g/mol. The predicted octanol–water partition coefficient (Wildman–Crippen LogP) is 5.02. The largest absolute Gasteiger partial charge is 0.379 e. The van der Waals surface area contributed by atoms with Crippen LogP contribution in [0.15, 0.2) is 78.9 Å². The summed E-state index contributed by atoms with van der Waals surface area (Å²) in [7, 11) is 0. The summed E-state index contributed by atoms with van der Waals surface area (Å²) in [4.78, 5) is 0. The van der Waals surface area contributed by atoms with E-state index < -0.39 is 5.60 Å². The Kier molecular flexibility index (Phi) is 5.77. The highest BCUT2D eigenvalue weighted by molar-refractivity contribution is 6.30. The molecule has 0 amide bonds. The normalized spacial score (nSPS) is 11.5. The van der Waals surface area contributed by atoms with Gasteiger partial charge in [-0.3, -0.25) is 0 Å². The summed E-state index contributed by atoms with van der Waals surface area (Å²) >= 11 is 12.0. The van der Waals surface area contributed by atoms with E-state index in [0.717, 1.165) is 16.7 Å². The van der Waals surface area contributed by atoms with Crippen LogP contribution in [0.4, 0.5) is 0 Å². The summed E-state index contributed by atoms with van der Waals surface area (Å²) in [5.41, 5.74) is 1.54. The van der Waals surface area contributed by atoms with Crippen LogP contribution < -0.4 is 5.32 Å². The second kappa shape index (κ2) is 8.03. The molecular formula is C21H19Cl2NO. The first-order valence-corrected chi connectivity index (χ1v) is 8.83. The Morgan fingerprint density at radius 1 is 0.720 bits per heavy atom. The molecule has 0 aliphatic rings. The number of nitrogens with one attached hydrogen (secondary N) is 1. The third kappa shape index (κ3) is 4.42. The van der Waals surface area contributed by atoms with Crippen molar-refractivity contribution in [2.45, 2.75) is 12.1 Å². The van der Waals surface area contributed by atoms with E-state index in [2.05, 4.69) is 17.4 Å². The van der Waals surface area contributed by atoms with Gasteiger partial charge in [0.1, 0.15) is 5.60 Å². The molecule has 3 rings (SSSR count). The maximum absolute atomic E-state index is 11.5. The Bertz CT molecular complexity index is 756. The lowest BCUT2D eigenvalue weighted by atomic mass is 9.86. The number of benzene rings is 3. The van der Waals surface area contributed by atoms with Gasteiger partial charge in [0.05, 0.1) is 0 Å². The van der Waals surface area contributed by atoms with E-state index in [1.807, 2.05) is 42.5 Å². The summed E-state index contributed by atoms with van der Waals surface area (Å²) in [5, 5.41) is 16.1. The van der Waals surface area contributed by atoms with Gasteiger partial charge >= 0.3 is 0 Å². The van der Waals surface area contributed by atoms with Crippen LogP contribution in [0.5, 0.6) is 0 Å². The molecule has 0 radical (unpaired) electrons.